The minimum Gasteiger partial charge on any atom is -0.442 e. The van der Waals surface area contributed by atoms with E-state index in [1.807, 2.05) is 4.90 Å². The summed E-state index contributed by atoms with van der Waals surface area (Å²) in [7, 11) is 0. The predicted octanol–water partition coefficient (Wildman–Crippen LogP) is 5.51. The Hall–Kier alpha value is -3.99. The molecular formula is C29H29FN4O3. The van der Waals surface area contributed by atoms with Crippen molar-refractivity contribution in [3.8, 4) is 17.2 Å². The highest BCUT2D eigenvalue weighted by Gasteiger charge is 2.40. The molecule has 2 aliphatic carbocycles. The SMILES string of the molecule is CC(C)(C)OC(=O)n1cc2c(n1)CCC(N(C(=O)c1ccc(-c3ccccc3C#N)cc1F)C1CC1)C2. The summed E-state index contributed by atoms with van der Waals surface area (Å²) in [5.74, 6) is -0.928. The molecule has 0 radical (unpaired) electrons. The number of aromatic nitrogens is 2. The van der Waals surface area contributed by atoms with Crippen LogP contribution in [0.5, 0.6) is 0 Å². The molecular weight excluding hydrogens is 471 g/mol. The zero-order valence-electron chi connectivity index (χ0n) is 21.2. The van der Waals surface area contributed by atoms with Gasteiger partial charge in [-0.2, -0.15) is 15.0 Å². The minimum atomic E-state index is -0.627. The van der Waals surface area contributed by atoms with E-state index in [0.717, 1.165) is 24.1 Å². The van der Waals surface area contributed by atoms with Crippen molar-refractivity contribution in [2.24, 2.45) is 0 Å². The Bertz CT molecular complexity index is 1410. The van der Waals surface area contributed by atoms with E-state index >= 15 is 4.39 Å². The molecule has 0 saturated heterocycles. The van der Waals surface area contributed by atoms with Gasteiger partial charge >= 0.3 is 6.09 Å². The quantitative estimate of drug-likeness (QED) is 0.472. The molecule has 0 bridgehead atoms. The molecule has 3 aromatic rings. The molecule has 0 spiro atoms. The maximum absolute atomic E-state index is 15.3. The van der Waals surface area contributed by atoms with Crippen LogP contribution < -0.4 is 0 Å². The summed E-state index contributed by atoms with van der Waals surface area (Å²) in [5.41, 5.74) is 2.77. The Kier molecular flexibility index (Phi) is 6.32. The number of amides is 1. The van der Waals surface area contributed by atoms with E-state index in [4.69, 9.17) is 4.74 Å². The third-order valence-corrected chi connectivity index (χ3v) is 6.75. The number of benzene rings is 2. The predicted molar refractivity (Wildman–Crippen MR) is 135 cm³/mol. The summed E-state index contributed by atoms with van der Waals surface area (Å²) in [4.78, 5) is 27.9. The molecule has 37 heavy (non-hydrogen) atoms. The van der Waals surface area contributed by atoms with Crippen LogP contribution in [-0.4, -0.2) is 44.4 Å². The lowest BCUT2D eigenvalue weighted by Crippen LogP contribution is -2.45. The summed E-state index contributed by atoms with van der Waals surface area (Å²) in [5, 5.41) is 13.8. The molecule has 1 unspecified atom stereocenters. The third-order valence-electron chi connectivity index (χ3n) is 6.75. The van der Waals surface area contributed by atoms with Crippen molar-refractivity contribution < 1.29 is 18.7 Å². The second kappa shape index (κ2) is 9.47. The lowest BCUT2D eigenvalue weighted by atomic mass is 9.91. The summed E-state index contributed by atoms with van der Waals surface area (Å²) in [6, 6.07) is 13.7. The van der Waals surface area contributed by atoms with Gasteiger partial charge in [-0.25, -0.2) is 9.18 Å². The molecule has 1 heterocycles. The topological polar surface area (TPSA) is 88.2 Å². The van der Waals surface area contributed by atoms with Crippen molar-refractivity contribution in [1.82, 2.24) is 14.7 Å². The average Bonchev–Trinajstić information content (AvgIpc) is 3.59. The molecule has 1 atom stereocenters. The number of fused-ring (bicyclic) bond motifs is 1. The van der Waals surface area contributed by atoms with Gasteiger partial charge in [-0.15, -0.1) is 0 Å². The Morgan fingerprint density at radius 2 is 1.89 bits per heavy atom. The summed E-state index contributed by atoms with van der Waals surface area (Å²) >= 11 is 0. The van der Waals surface area contributed by atoms with Crippen LogP contribution in [0.4, 0.5) is 9.18 Å². The Morgan fingerprint density at radius 3 is 2.57 bits per heavy atom. The first-order chi connectivity index (χ1) is 17.6. The molecule has 190 valence electrons. The number of hydrogen-bond acceptors (Lipinski definition) is 5. The van der Waals surface area contributed by atoms with Gasteiger partial charge in [0.25, 0.3) is 5.91 Å². The molecule has 2 aliphatic rings. The van der Waals surface area contributed by atoms with Crippen LogP contribution in [0.15, 0.2) is 48.7 Å². The van der Waals surface area contributed by atoms with Crippen molar-refractivity contribution in [3.63, 3.8) is 0 Å². The van der Waals surface area contributed by atoms with E-state index in [1.165, 1.54) is 16.8 Å². The number of nitrogens with zero attached hydrogens (tertiary/aromatic N) is 4. The molecule has 0 N–H and O–H groups in total. The van der Waals surface area contributed by atoms with E-state index in [0.29, 0.717) is 36.0 Å². The molecule has 0 aliphatic heterocycles. The smallest absolute Gasteiger partial charge is 0.435 e. The minimum absolute atomic E-state index is 0.0281. The molecule has 1 aromatic heterocycles. The third kappa shape index (κ3) is 5.12. The van der Waals surface area contributed by atoms with E-state index in [-0.39, 0.29) is 23.6 Å². The van der Waals surface area contributed by atoms with Gasteiger partial charge in [0.1, 0.15) is 11.4 Å². The van der Waals surface area contributed by atoms with Crippen molar-refractivity contribution in [3.05, 3.63) is 76.9 Å². The van der Waals surface area contributed by atoms with Gasteiger partial charge in [0.2, 0.25) is 0 Å². The maximum Gasteiger partial charge on any atom is 0.435 e. The normalized spacial score (nSPS) is 17.0. The second-order valence-electron chi connectivity index (χ2n) is 10.7. The molecule has 2 aromatic carbocycles. The van der Waals surface area contributed by atoms with Crippen molar-refractivity contribution >= 4 is 12.0 Å². The Labute approximate surface area is 215 Å². The van der Waals surface area contributed by atoms with E-state index < -0.39 is 17.5 Å². The highest BCUT2D eigenvalue weighted by molar-refractivity contribution is 5.96. The fraction of sp³-hybridized carbons (Fsp3) is 0.379. The molecule has 1 fully saturated rings. The first-order valence-corrected chi connectivity index (χ1v) is 12.6. The van der Waals surface area contributed by atoms with Crippen LogP contribution in [0.1, 0.15) is 67.2 Å². The first kappa shape index (κ1) is 24.7. The van der Waals surface area contributed by atoms with Crippen LogP contribution >= 0.6 is 0 Å². The molecule has 5 rings (SSSR count). The summed E-state index contributed by atoms with van der Waals surface area (Å²) in [6.45, 7) is 5.41. The maximum atomic E-state index is 15.3. The van der Waals surface area contributed by atoms with Crippen molar-refractivity contribution in [2.45, 2.75) is 70.6 Å². The highest BCUT2D eigenvalue weighted by atomic mass is 19.1. The van der Waals surface area contributed by atoms with E-state index in [1.54, 1.807) is 57.3 Å². The average molecular weight is 501 g/mol. The Morgan fingerprint density at radius 1 is 1.14 bits per heavy atom. The van der Waals surface area contributed by atoms with Gasteiger partial charge in [0.15, 0.2) is 0 Å². The zero-order chi connectivity index (χ0) is 26.3. The van der Waals surface area contributed by atoms with Crippen LogP contribution in [0.25, 0.3) is 11.1 Å². The lowest BCUT2D eigenvalue weighted by molar-refractivity contribution is 0.0513. The fourth-order valence-corrected chi connectivity index (χ4v) is 4.94. The number of aryl methyl sites for hydroxylation is 1. The van der Waals surface area contributed by atoms with Crippen LogP contribution in [0.3, 0.4) is 0 Å². The van der Waals surface area contributed by atoms with Crippen LogP contribution in [0, 0.1) is 17.1 Å². The Balaban J connectivity index is 1.37. The van der Waals surface area contributed by atoms with Gasteiger partial charge in [-0.3, -0.25) is 4.79 Å². The van der Waals surface area contributed by atoms with Gasteiger partial charge in [-0.05, 0) is 87.8 Å². The van der Waals surface area contributed by atoms with Crippen LogP contribution in [-0.2, 0) is 17.6 Å². The lowest BCUT2D eigenvalue weighted by Gasteiger charge is -2.34. The number of carbonyl (C=O) groups is 2. The zero-order valence-corrected chi connectivity index (χ0v) is 21.2. The molecule has 8 heteroatoms. The highest BCUT2D eigenvalue weighted by Crippen LogP contribution is 2.36. The molecule has 1 saturated carbocycles. The largest absolute Gasteiger partial charge is 0.442 e. The van der Waals surface area contributed by atoms with Crippen LogP contribution in [0.2, 0.25) is 0 Å². The van der Waals surface area contributed by atoms with Crippen molar-refractivity contribution in [1.29, 1.82) is 5.26 Å². The van der Waals surface area contributed by atoms with Gasteiger partial charge in [-0.1, -0.05) is 24.3 Å². The molecule has 7 nitrogen and oxygen atoms in total. The van der Waals surface area contributed by atoms with E-state index in [2.05, 4.69) is 11.2 Å². The number of carbonyl (C=O) groups excluding carboxylic acids is 2. The number of halogens is 1. The van der Waals surface area contributed by atoms with Crippen molar-refractivity contribution in [2.75, 3.05) is 0 Å². The summed E-state index contributed by atoms with van der Waals surface area (Å²) < 4.78 is 22.0. The fourth-order valence-electron chi connectivity index (χ4n) is 4.94. The number of ether oxygens (including phenoxy) is 1. The number of rotatable bonds is 4. The van der Waals surface area contributed by atoms with Gasteiger partial charge in [0.05, 0.1) is 22.9 Å². The standard InChI is InChI=1S/C29H29FN4O3/c1-29(2,3)37-28(36)33-17-20-14-22(11-13-26(20)32-33)34(21-9-10-21)27(35)24-12-8-18(15-25(24)30)23-7-5-4-6-19(23)16-31/h4-8,12,15,17,21-22H,9-11,13-14H2,1-3H3. The van der Waals surface area contributed by atoms with Gasteiger partial charge in [0, 0.05) is 18.3 Å². The molecule has 1 amide bonds. The summed E-state index contributed by atoms with van der Waals surface area (Å²) in [6.07, 6.45) is 4.80. The van der Waals surface area contributed by atoms with E-state index in [9.17, 15) is 14.9 Å². The number of nitriles is 1. The first-order valence-electron chi connectivity index (χ1n) is 12.6. The second-order valence-corrected chi connectivity index (χ2v) is 10.7. The van der Waals surface area contributed by atoms with Gasteiger partial charge < -0.3 is 9.64 Å². The number of hydrogen-bond donors (Lipinski definition) is 0. The monoisotopic (exact) mass is 500 g/mol.